The predicted molar refractivity (Wildman–Crippen MR) is 101 cm³/mol. The number of nitriles is 1. The lowest BCUT2D eigenvalue weighted by Crippen LogP contribution is -2.33. The Morgan fingerprint density at radius 1 is 1.12 bits per heavy atom. The number of aromatic nitrogens is 1. The topological polar surface area (TPSA) is 49.0 Å². The van der Waals surface area contributed by atoms with E-state index in [0.717, 1.165) is 23.0 Å². The minimum atomic E-state index is 0.0111. The van der Waals surface area contributed by atoms with Crippen LogP contribution >= 0.6 is 0 Å². The van der Waals surface area contributed by atoms with Crippen LogP contribution in [0.15, 0.2) is 54.7 Å². The second-order valence-corrected chi connectivity index (χ2v) is 5.96. The standard InChI is InChI=1S/C21H21N3O/c1-3-16-9-11-18(12-10-16)24(4-2)21(25)15-23-14-17(13-22)19-7-5-6-8-20(19)23/h5-12,14H,3-4,15H2,1-2H3. The molecule has 0 saturated heterocycles. The van der Waals surface area contributed by atoms with Crippen LogP contribution in [-0.2, 0) is 17.8 Å². The van der Waals surface area contributed by atoms with Gasteiger partial charge in [-0.2, -0.15) is 5.26 Å². The molecule has 2 aromatic carbocycles. The summed E-state index contributed by atoms with van der Waals surface area (Å²) >= 11 is 0. The molecule has 126 valence electrons. The van der Waals surface area contributed by atoms with E-state index < -0.39 is 0 Å². The third kappa shape index (κ3) is 3.27. The van der Waals surface area contributed by atoms with E-state index in [-0.39, 0.29) is 12.5 Å². The molecular formula is C21H21N3O. The number of hydrogen-bond donors (Lipinski definition) is 0. The van der Waals surface area contributed by atoms with E-state index >= 15 is 0 Å². The van der Waals surface area contributed by atoms with E-state index in [1.54, 1.807) is 11.1 Å². The van der Waals surface area contributed by atoms with Gasteiger partial charge in [-0.05, 0) is 37.1 Å². The zero-order chi connectivity index (χ0) is 17.8. The van der Waals surface area contributed by atoms with Gasteiger partial charge < -0.3 is 9.47 Å². The first kappa shape index (κ1) is 16.8. The molecule has 3 rings (SSSR count). The van der Waals surface area contributed by atoms with Gasteiger partial charge in [0, 0.05) is 29.3 Å². The molecule has 0 unspecified atom stereocenters. The van der Waals surface area contributed by atoms with Crippen LogP contribution in [0.5, 0.6) is 0 Å². The highest BCUT2D eigenvalue weighted by Gasteiger charge is 2.16. The Hall–Kier alpha value is -3.06. The Morgan fingerprint density at radius 2 is 1.84 bits per heavy atom. The first-order valence-corrected chi connectivity index (χ1v) is 8.55. The average molecular weight is 331 g/mol. The molecule has 3 aromatic rings. The van der Waals surface area contributed by atoms with E-state index in [9.17, 15) is 10.1 Å². The summed E-state index contributed by atoms with van der Waals surface area (Å²) in [6.45, 7) is 4.90. The van der Waals surface area contributed by atoms with Crippen LogP contribution in [0.4, 0.5) is 5.69 Å². The number of carbonyl (C=O) groups excluding carboxylic acids is 1. The lowest BCUT2D eigenvalue weighted by atomic mass is 10.1. The summed E-state index contributed by atoms with van der Waals surface area (Å²) in [5.74, 6) is 0.0111. The van der Waals surface area contributed by atoms with Crippen molar-refractivity contribution in [3.63, 3.8) is 0 Å². The maximum Gasteiger partial charge on any atom is 0.246 e. The molecule has 0 saturated carbocycles. The van der Waals surface area contributed by atoms with Gasteiger partial charge in [-0.15, -0.1) is 0 Å². The third-order valence-corrected chi connectivity index (χ3v) is 4.49. The Balaban J connectivity index is 1.89. The fourth-order valence-electron chi connectivity index (χ4n) is 3.11. The molecular weight excluding hydrogens is 310 g/mol. The summed E-state index contributed by atoms with van der Waals surface area (Å²) in [6, 6.07) is 18.0. The number of anilines is 1. The van der Waals surface area contributed by atoms with Crippen LogP contribution in [0, 0.1) is 11.3 Å². The van der Waals surface area contributed by atoms with Gasteiger partial charge in [0.05, 0.1) is 5.56 Å². The van der Waals surface area contributed by atoms with Crippen LogP contribution < -0.4 is 4.90 Å². The largest absolute Gasteiger partial charge is 0.337 e. The number of rotatable bonds is 5. The van der Waals surface area contributed by atoms with E-state index in [4.69, 9.17) is 0 Å². The molecule has 0 aliphatic rings. The highest BCUT2D eigenvalue weighted by atomic mass is 16.2. The van der Waals surface area contributed by atoms with Crippen molar-refractivity contribution in [3.05, 3.63) is 65.9 Å². The molecule has 0 radical (unpaired) electrons. The summed E-state index contributed by atoms with van der Waals surface area (Å²) in [6.07, 6.45) is 2.74. The molecule has 0 N–H and O–H groups in total. The molecule has 0 bridgehead atoms. The maximum atomic E-state index is 12.9. The van der Waals surface area contributed by atoms with Gasteiger partial charge in [0.1, 0.15) is 12.6 Å². The zero-order valence-corrected chi connectivity index (χ0v) is 14.6. The molecule has 0 aliphatic heterocycles. The van der Waals surface area contributed by atoms with E-state index in [2.05, 4.69) is 25.1 Å². The monoisotopic (exact) mass is 331 g/mol. The molecule has 4 nitrogen and oxygen atoms in total. The van der Waals surface area contributed by atoms with Crippen molar-refractivity contribution in [3.8, 4) is 6.07 Å². The number of likely N-dealkylation sites (N-methyl/N-ethyl adjacent to an activating group) is 1. The summed E-state index contributed by atoms with van der Waals surface area (Å²) in [5.41, 5.74) is 3.66. The fourth-order valence-corrected chi connectivity index (χ4v) is 3.11. The van der Waals surface area contributed by atoms with Crippen LogP contribution in [0.1, 0.15) is 25.0 Å². The minimum absolute atomic E-state index is 0.0111. The van der Waals surface area contributed by atoms with Crippen LogP contribution in [0.25, 0.3) is 10.9 Å². The van der Waals surface area contributed by atoms with Crippen molar-refractivity contribution < 1.29 is 4.79 Å². The van der Waals surface area contributed by atoms with Gasteiger partial charge in [0.2, 0.25) is 5.91 Å². The number of para-hydroxylation sites is 1. The minimum Gasteiger partial charge on any atom is -0.337 e. The first-order valence-electron chi connectivity index (χ1n) is 8.55. The quantitative estimate of drug-likeness (QED) is 0.706. The summed E-state index contributed by atoms with van der Waals surface area (Å²) < 4.78 is 1.86. The number of fused-ring (bicyclic) bond motifs is 1. The lowest BCUT2D eigenvalue weighted by molar-refractivity contribution is -0.119. The molecule has 1 aromatic heterocycles. The van der Waals surface area contributed by atoms with Crippen molar-refractivity contribution in [2.75, 3.05) is 11.4 Å². The Bertz CT molecular complexity index is 932. The van der Waals surface area contributed by atoms with Gasteiger partial charge in [-0.1, -0.05) is 37.3 Å². The number of aryl methyl sites for hydroxylation is 1. The SMILES string of the molecule is CCc1ccc(N(CC)C(=O)Cn2cc(C#N)c3ccccc32)cc1. The Kier molecular flexibility index (Phi) is 4.85. The number of nitrogens with zero attached hydrogens (tertiary/aromatic N) is 3. The lowest BCUT2D eigenvalue weighted by Gasteiger charge is -2.22. The number of benzene rings is 2. The smallest absolute Gasteiger partial charge is 0.246 e. The van der Waals surface area contributed by atoms with E-state index in [0.29, 0.717) is 12.1 Å². The van der Waals surface area contributed by atoms with Crippen molar-refractivity contribution in [1.29, 1.82) is 5.26 Å². The molecule has 0 spiro atoms. The maximum absolute atomic E-state index is 12.9. The zero-order valence-electron chi connectivity index (χ0n) is 14.6. The predicted octanol–water partition coefficient (Wildman–Crippen LogP) is 4.13. The highest BCUT2D eigenvalue weighted by Crippen LogP contribution is 2.22. The summed E-state index contributed by atoms with van der Waals surface area (Å²) in [4.78, 5) is 14.6. The Labute approximate surface area is 147 Å². The number of hydrogen-bond acceptors (Lipinski definition) is 2. The van der Waals surface area contributed by atoms with Gasteiger partial charge >= 0.3 is 0 Å². The van der Waals surface area contributed by atoms with Gasteiger partial charge in [-0.25, -0.2) is 0 Å². The second-order valence-electron chi connectivity index (χ2n) is 5.96. The van der Waals surface area contributed by atoms with Gasteiger partial charge in [0.25, 0.3) is 0 Å². The first-order chi connectivity index (χ1) is 12.2. The van der Waals surface area contributed by atoms with E-state index in [1.807, 2.05) is 47.9 Å². The summed E-state index contributed by atoms with van der Waals surface area (Å²) in [5, 5.41) is 10.2. The van der Waals surface area contributed by atoms with Crippen molar-refractivity contribution in [2.24, 2.45) is 0 Å². The number of carbonyl (C=O) groups is 1. The third-order valence-electron chi connectivity index (χ3n) is 4.49. The normalized spacial score (nSPS) is 10.6. The molecule has 1 heterocycles. The Morgan fingerprint density at radius 3 is 2.48 bits per heavy atom. The van der Waals surface area contributed by atoms with Crippen molar-refractivity contribution >= 4 is 22.5 Å². The van der Waals surface area contributed by atoms with Crippen molar-refractivity contribution in [2.45, 2.75) is 26.8 Å². The molecule has 0 fully saturated rings. The van der Waals surface area contributed by atoms with Crippen molar-refractivity contribution in [1.82, 2.24) is 4.57 Å². The van der Waals surface area contributed by atoms with Crippen LogP contribution in [0.2, 0.25) is 0 Å². The summed E-state index contributed by atoms with van der Waals surface area (Å²) in [7, 11) is 0. The van der Waals surface area contributed by atoms with E-state index in [1.165, 1.54) is 5.56 Å². The van der Waals surface area contributed by atoms with Gasteiger partial charge in [0.15, 0.2) is 0 Å². The fraction of sp³-hybridized carbons (Fsp3) is 0.238. The molecule has 0 aliphatic carbocycles. The average Bonchev–Trinajstić information content (AvgIpc) is 3.01. The molecule has 4 heteroatoms. The second kappa shape index (κ2) is 7.23. The molecule has 0 atom stereocenters. The highest BCUT2D eigenvalue weighted by molar-refractivity contribution is 5.95. The van der Waals surface area contributed by atoms with Crippen LogP contribution in [-0.4, -0.2) is 17.0 Å². The molecule has 1 amide bonds. The van der Waals surface area contributed by atoms with Crippen LogP contribution in [0.3, 0.4) is 0 Å². The van der Waals surface area contributed by atoms with Gasteiger partial charge in [-0.3, -0.25) is 4.79 Å². The number of amides is 1. The molecule has 25 heavy (non-hydrogen) atoms.